The van der Waals surface area contributed by atoms with Crippen molar-refractivity contribution in [2.45, 2.75) is 33.2 Å². The van der Waals surface area contributed by atoms with Crippen LogP contribution in [0.15, 0.2) is 12.7 Å². The molecular formula is C13H22N6. The fourth-order valence-electron chi connectivity index (χ4n) is 2.22. The van der Waals surface area contributed by atoms with E-state index in [2.05, 4.69) is 38.3 Å². The van der Waals surface area contributed by atoms with Crippen molar-refractivity contribution in [3.63, 3.8) is 0 Å². The summed E-state index contributed by atoms with van der Waals surface area (Å²) in [6, 6.07) is 0. The number of rotatable bonds is 7. The molecule has 0 radical (unpaired) electrons. The van der Waals surface area contributed by atoms with Crippen LogP contribution in [0.3, 0.4) is 0 Å². The van der Waals surface area contributed by atoms with Gasteiger partial charge < -0.3 is 15.2 Å². The Morgan fingerprint density at radius 3 is 2.68 bits per heavy atom. The first-order valence-electron chi connectivity index (χ1n) is 6.90. The predicted octanol–water partition coefficient (Wildman–Crippen LogP) is 1.53. The van der Waals surface area contributed by atoms with Gasteiger partial charge in [-0.3, -0.25) is 0 Å². The molecule has 19 heavy (non-hydrogen) atoms. The molecule has 6 heteroatoms. The zero-order valence-electron chi connectivity index (χ0n) is 11.7. The number of nitrogen functional groups attached to an aromatic ring is 1. The summed E-state index contributed by atoms with van der Waals surface area (Å²) < 4.78 is 2.05. The summed E-state index contributed by atoms with van der Waals surface area (Å²) in [5.74, 6) is 0.451. The average Bonchev–Trinajstić information content (AvgIpc) is 2.84. The Labute approximate surface area is 113 Å². The molecule has 0 aliphatic heterocycles. The Morgan fingerprint density at radius 1 is 1.16 bits per heavy atom. The predicted molar refractivity (Wildman–Crippen MR) is 76.8 cm³/mol. The van der Waals surface area contributed by atoms with E-state index in [-0.39, 0.29) is 0 Å². The molecule has 0 saturated carbocycles. The van der Waals surface area contributed by atoms with Crippen LogP contribution in [-0.4, -0.2) is 44.1 Å². The summed E-state index contributed by atoms with van der Waals surface area (Å²) in [5, 5.41) is 0. The molecule has 0 saturated heterocycles. The number of hydrogen-bond donors (Lipinski definition) is 1. The summed E-state index contributed by atoms with van der Waals surface area (Å²) in [4.78, 5) is 14.9. The minimum Gasteiger partial charge on any atom is -0.382 e. The van der Waals surface area contributed by atoms with E-state index in [9.17, 15) is 0 Å². The summed E-state index contributed by atoms with van der Waals surface area (Å²) in [6.07, 6.45) is 5.59. The van der Waals surface area contributed by atoms with Gasteiger partial charge in [0.2, 0.25) is 0 Å². The molecule has 2 aromatic heterocycles. The van der Waals surface area contributed by atoms with E-state index < -0.39 is 0 Å². The number of unbranched alkanes of at least 4 members (excludes halogenated alkanes) is 1. The third kappa shape index (κ3) is 3.20. The highest BCUT2D eigenvalue weighted by molar-refractivity contribution is 5.80. The second-order valence-corrected chi connectivity index (χ2v) is 4.60. The van der Waals surface area contributed by atoms with E-state index in [1.165, 1.54) is 12.7 Å². The molecular weight excluding hydrogens is 240 g/mol. The fourth-order valence-corrected chi connectivity index (χ4v) is 2.22. The Kier molecular flexibility index (Phi) is 4.68. The molecule has 2 heterocycles. The van der Waals surface area contributed by atoms with Crippen LogP contribution in [0.2, 0.25) is 0 Å². The van der Waals surface area contributed by atoms with Crippen molar-refractivity contribution in [2.24, 2.45) is 0 Å². The van der Waals surface area contributed by atoms with Gasteiger partial charge >= 0.3 is 0 Å². The highest BCUT2D eigenvalue weighted by Gasteiger charge is 2.07. The van der Waals surface area contributed by atoms with Crippen LogP contribution >= 0.6 is 0 Å². The summed E-state index contributed by atoms with van der Waals surface area (Å²) in [6.45, 7) is 8.71. The number of aryl methyl sites for hydroxylation is 1. The molecule has 6 nitrogen and oxygen atoms in total. The van der Waals surface area contributed by atoms with Gasteiger partial charge in [-0.25, -0.2) is 15.0 Å². The number of imidazole rings is 1. The molecule has 0 spiro atoms. The molecule has 0 amide bonds. The highest BCUT2D eigenvalue weighted by Crippen LogP contribution is 2.14. The van der Waals surface area contributed by atoms with Gasteiger partial charge in [-0.15, -0.1) is 0 Å². The van der Waals surface area contributed by atoms with Crippen molar-refractivity contribution in [3.8, 4) is 0 Å². The van der Waals surface area contributed by atoms with Gasteiger partial charge in [0.1, 0.15) is 11.8 Å². The van der Waals surface area contributed by atoms with Crippen molar-refractivity contribution in [1.82, 2.24) is 24.4 Å². The topological polar surface area (TPSA) is 72.9 Å². The van der Waals surface area contributed by atoms with Crippen molar-refractivity contribution in [3.05, 3.63) is 12.7 Å². The van der Waals surface area contributed by atoms with Crippen LogP contribution in [0, 0.1) is 0 Å². The number of aromatic nitrogens is 4. The van der Waals surface area contributed by atoms with E-state index in [1.54, 1.807) is 6.33 Å². The fraction of sp³-hybridized carbons (Fsp3) is 0.615. The van der Waals surface area contributed by atoms with Gasteiger partial charge in [-0.05, 0) is 32.5 Å². The zero-order chi connectivity index (χ0) is 13.7. The Bertz CT molecular complexity index is 517. The normalized spacial score (nSPS) is 11.5. The van der Waals surface area contributed by atoms with Crippen molar-refractivity contribution < 1.29 is 0 Å². The summed E-state index contributed by atoms with van der Waals surface area (Å²) >= 11 is 0. The first-order valence-corrected chi connectivity index (χ1v) is 6.90. The summed E-state index contributed by atoms with van der Waals surface area (Å²) in [7, 11) is 0. The monoisotopic (exact) mass is 262 g/mol. The maximum absolute atomic E-state index is 5.77. The quantitative estimate of drug-likeness (QED) is 0.766. The SMILES string of the molecule is CCN(CC)CCCCn1cnc2c(N)ncnc21. The first kappa shape index (κ1) is 13.7. The molecule has 0 atom stereocenters. The Balaban J connectivity index is 1.90. The van der Waals surface area contributed by atoms with Gasteiger partial charge in [0.25, 0.3) is 0 Å². The van der Waals surface area contributed by atoms with Crippen LogP contribution in [0.1, 0.15) is 26.7 Å². The largest absolute Gasteiger partial charge is 0.382 e. The first-order chi connectivity index (χ1) is 9.26. The molecule has 0 aliphatic carbocycles. The van der Waals surface area contributed by atoms with Gasteiger partial charge in [0, 0.05) is 6.54 Å². The van der Waals surface area contributed by atoms with Crippen molar-refractivity contribution in [1.29, 1.82) is 0 Å². The number of fused-ring (bicyclic) bond motifs is 1. The molecule has 2 N–H and O–H groups in total. The van der Waals surface area contributed by atoms with Crippen molar-refractivity contribution in [2.75, 3.05) is 25.4 Å². The molecule has 0 fully saturated rings. The van der Waals surface area contributed by atoms with Crippen LogP contribution < -0.4 is 5.73 Å². The lowest BCUT2D eigenvalue weighted by atomic mass is 10.3. The van der Waals surface area contributed by atoms with Crippen LogP contribution in [-0.2, 0) is 6.54 Å². The summed E-state index contributed by atoms with van der Waals surface area (Å²) in [5.41, 5.74) is 7.30. The lowest BCUT2D eigenvalue weighted by molar-refractivity contribution is 0.294. The minimum atomic E-state index is 0.451. The van der Waals surface area contributed by atoms with Gasteiger partial charge in [0.15, 0.2) is 11.5 Å². The molecule has 0 aromatic carbocycles. The minimum absolute atomic E-state index is 0.451. The smallest absolute Gasteiger partial charge is 0.165 e. The molecule has 2 aromatic rings. The third-order valence-electron chi connectivity index (χ3n) is 3.45. The van der Waals surface area contributed by atoms with Crippen LogP contribution in [0.25, 0.3) is 11.2 Å². The standard InChI is InChI=1S/C13H22N6/c1-3-18(4-2)7-5-6-8-19-10-17-11-12(14)15-9-16-13(11)19/h9-10H,3-8H2,1-2H3,(H2,14,15,16). The van der Waals surface area contributed by atoms with E-state index in [1.807, 2.05) is 0 Å². The number of nitrogens with two attached hydrogens (primary N) is 1. The Morgan fingerprint density at radius 2 is 1.95 bits per heavy atom. The number of anilines is 1. The Hall–Kier alpha value is -1.69. The lowest BCUT2D eigenvalue weighted by Crippen LogP contribution is -2.24. The van der Waals surface area contributed by atoms with Gasteiger partial charge in [-0.2, -0.15) is 0 Å². The van der Waals surface area contributed by atoms with Gasteiger partial charge in [0.05, 0.1) is 6.33 Å². The second kappa shape index (κ2) is 6.47. The maximum Gasteiger partial charge on any atom is 0.165 e. The van der Waals surface area contributed by atoms with Gasteiger partial charge in [-0.1, -0.05) is 13.8 Å². The molecule has 104 valence electrons. The van der Waals surface area contributed by atoms with E-state index >= 15 is 0 Å². The van der Waals surface area contributed by atoms with Crippen LogP contribution in [0.5, 0.6) is 0 Å². The zero-order valence-corrected chi connectivity index (χ0v) is 11.7. The molecule has 0 bridgehead atoms. The average molecular weight is 262 g/mol. The van der Waals surface area contributed by atoms with E-state index in [0.29, 0.717) is 11.3 Å². The molecule has 0 unspecified atom stereocenters. The number of nitrogens with zero attached hydrogens (tertiary/aromatic N) is 5. The number of hydrogen-bond acceptors (Lipinski definition) is 5. The highest BCUT2D eigenvalue weighted by atomic mass is 15.1. The molecule has 0 aliphatic rings. The van der Waals surface area contributed by atoms with Crippen LogP contribution in [0.4, 0.5) is 5.82 Å². The lowest BCUT2D eigenvalue weighted by Gasteiger charge is -2.17. The maximum atomic E-state index is 5.77. The second-order valence-electron chi connectivity index (χ2n) is 4.60. The van der Waals surface area contributed by atoms with E-state index in [0.717, 1.165) is 38.2 Å². The van der Waals surface area contributed by atoms with Crippen molar-refractivity contribution >= 4 is 17.0 Å². The third-order valence-corrected chi connectivity index (χ3v) is 3.45. The molecule has 2 rings (SSSR count). The van der Waals surface area contributed by atoms with E-state index in [4.69, 9.17) is 5.73 Å².